The normalized spacial score (nSPS) is 16.8. The lowest BCUT2D eigenvalue weighted by atomic mass is 9.82. The second-order valence-corrected chi connectivity index (χ2v) is 6.68. The minimum atomic E-state index is 0.0984. The van der Waals surface area contributed by atoms with Crippen molar-refractivity contribution in [2.75, 3.05) is 0 Å². The predicted molar refractivity (Wildman–Crippen MR) is 95.1 cm³/mol. The number of furan rings is 1. The van der Waals surface area contributed by atoms with Gasteiger partial charge in [0.25, 0.3) is 5.78 Å². The van der Waals surface area contributed by atoms with Crippen LogP contribution >= 0.6 is 0 Å². The summed E-state index contributed by atoms with van der Waals surface area (Å²) in [5, 5.41) is 4.54. The molecular weight excluding hydrogens is 328 g/mol. The van der Waals surface area contributed by atoms with E-state index in [1.807, 2.05) is 6.07 Å². The van der Waals surface area contributed by atoms with Gasteiger partial charge in [0.05, 0.1) is 17.5 Å². The highest BCUT2D eigenvalue weighted by Crippen LogP contribution is 2.33. The number of Topliss-reactive ketones (excluding diaryl/α,β-unsaturated/α-hetero) is 1. The Bertz CT molecular complexity index is 1110. The summed E-state index contributed by atoms with van der Waals surface area (Å²) >= 11 is 0. The van der Waals surface area contributed by atoms with Gasteiger partial charge in [-0.15, -0.1) is 5.10 Å². The first-order valence-corrected chi connectivity index (χ1v) is 8.57. The summed E-state index contributed by atoms with van der Waals surface area (Å²) in [5.74, 6) is 1.77. The van der Waals surface area contributed by atoms with Gasteiger partial charge in [0.2, 0.25) is 5.82 Å². The monoisotopic (exact) mass is 344 g/mol. The van der Waals surface area contributed by atoms with Crippen LogP contribution < -0.4 is 0 Å². The maximum Gasteiger partial charge on any atom is 0.253 e. The summed E-state index contributed by atoms with van der Waals surface area (Å²) < 4.78 is 7.07. The molecule has 128 valence electrons. The topological polar surface area (TPSA) is 73.3 Å². The molecule has 0 saturated heterocycles. The van der Waals surface area contributed by atoms with Crippen LogP contribution in [0.4, 0.5) is 0 Å². The van der Waals surface area contributed by atoms with Gasteiger partial charge in [0.1, 0.15) is 0 Å². The van der Waals surface area contributed by atoms with Gasteiger partial charge in [-0.3, -0.25) is 4.79 Å². The van der Waals surface area contributed by atoms with Gasteiger partial charge >= 0.3 is 0 Å². The zero-order valence-electron chi connectivity index (χ0n) is 14.2. The molecule has 1 aliphatic carbocycles. The highest BCUT2D eigenvalue weighted by Gasteiger charge is 2.29. The van der Waals surface area contributed by atoms with E-state index in [1.165, 1.54) is 11.1 Å². The molecule has 0 spiro atoms. The number of aryl methyl sites for hydroxylation is 1. The van der Waals surface area contributed by atoms with Gasteiger partial charge in [0.15, 0.2) is 11.5 Å². The van der Waals surface area contributed by atoms with Crippen molar-refractivity contribution in [1.29, 1.82) is 0 Å². The molecule has 1 atom stereocenters. The Morgan fingerprint density at radius 1 is 1.15 bits per heavy atom. The molecule has 5 rings (SSSR count). The van der Waals surface area contributed by atoms with E-state index in [-0.39, 0.29) is 11.7 Å². The SMILES string of the molecule is Cc1ccc(C2CC(=O)c3cnc4nc(-c5ccco5)nn4c3C2)cc1. The molecule has 4 aromatic rings. The Hall–Kier alpha value is -3.28. The number of hydrogen-bond donors (Lipinski definition) is 0. The van der Waals surface area contributed by atoms with Crippen molar-refractivity contribution in [2.24, 2.45) is 0 Å². The highest BCUT2D eigenvalue weighted by molar-refractivity contribution is 5.98. The summed E-state index contributed by atoms with van der Waals surface area (Å²) in [5.41, 5.74) is 3.88. The molecule has 0 saturated carbocycles. The minimum Gasteiger partial charge on any atom is -0.461 e. The standard InChI is InChI=1S/C20H16N4O2/c1-12-4-6-13(7-5-12)14-9-16-15(17(25)10-14)11-21-20-22-19(23-24(16)20)18-3-2-8-26-18/h2-8,11,14H,9-10H2,1H3. The summed E-state index contributed by atoms with van der Waals surface area (Å²) in [6.07, 6.45) is 4.42. The van der Waals surface area contributed by atoms with Crippen LogP contribution in [0.5, 0.6) is 0 Å². The zero-order chi connectivity index (χ0) is 17.7. The van der Waals surface area contributed by atoms with Crippen LogP contribution in [-0.4, -0.2) is 25.4 Å². The van der Waals surface area contributed by atoms with Crippen molar-refractivity contribution >= 4 is 11.6 Å². The van der Waals surface area contributed by atoms with E-state index >= 15 is 0 Å². The number of carbonyl (C=O) groups excluding carboxylic acids is 1. The van der Waals surface area contributed by atoms with Crippen LogP contribution in [0.3, 0.4) is 0 Å². The third-order valence-electron chi connectivity index (χ3n) is 4.93. The predicted octanol–water partition coefficient (Wildman–Crippen LogP) is 3.61. The van der Waals surface area contributed by atoms with Gasteiger partial charge in [-0.1, -0.05) is 29.8 Å². The molecule has 0 fully saturated rings. The van der Waals surface area contributed by atoms with Gasteiger partial charge in [0, 0.05) is 12.6 Å². The van der Waals surface area contributed by atoms with Gasteiger partial charge in [-0.05, 0) is 37.0 Å². The maximum atomic E-state index is 12.7. The molecule has 1 unspecified atom stereocenters. The van der Waals surface area contributed by atoms with Crippen LogP contribution in [0, 0.1) is 6.92 Å². The maximum absolute atomic E-state index is 12.7. The quantitative estimate of drug-likeness (QED) is 0.555. The highest BCUT2D eigenvalue weighted by atomic mass is 16.3. The molecule has 3 aromatic heterocycles. The van der Waals surface area contributed by atoms with E-state index in [0.717, 1.165) is 12.1 Å². The summed E-state index contributed by atoms with van der Waals surface area (Å²) in [4.78, 5) is 21.4. The molecule has 3 heterocycles. The van der Waals surface area contributed by atoms with Crippen molar-refractivity contribution in [1.82, 2.24) is 19.6 Å². The van der Waals surface area contributed by atoms with Gasteiger partial charge < -0.3 is 4.42 Å². The number of aromatic nitrogens is 4. The first kappa shape index (κ1) is 15.0. The molecular formula is C20H16N4O2. The fourth-order valence-corrected chi connectivity index (χ4v) is 3.53. The van der Waals surface area contributed by atoms with E-state index in [2.05, 4.69) is 46.3 Å². The third-order valence-corrected chi connectivity index (χ3v) is 4.93. The lowest BCUT2D eigenvalue weighted by molar-refractivity contribution is 0.0962. The zero-order valence-corrected chi connectivity index (χ0v) is 14.2. The molecule has 0 bridgehead atoms. The van der Waals surface area contributed by atoms with Crippen molar-refractivity contribution in [3.05, 3.63) is 71.2 Å². The number of rotatable bonds is 2. The number of ketones is 1. The first-order chi connectivity index (χ1) is 12.7. The van der Waals surface area contributed by atoms with E-state index in [4.69, 9.17) is 4.42 Å². The van der Waals surface area contributed by atoms with E-state index in [0.29, 0.717) is 29.3 Å². The Kier molecular flexibility index (Phi) is 3.25. The molecule has 26 heavy (non-hydrogen) atoms. The van der Waals surface area contributed by atoms with Crippen LogP contribution in [0.2, 0.25) is 0 Å². The van der Waals surface area contributed by atoms with Crippen LogP contribution in [0.1, 0.15) is 39.5 Å². The second kappa shape index (κ2) is 5.62. The Labute approximate surface area is 149 Å². The van der Waals surface area contributed by atoms with Crippen LogP contribution in [0.15, 0.2) is 53.3 Å². The lowest BCUT2D eigenvalue weighted by Crippen LogP contribution is -2.22. The number of nitrogens with zero attached hydrogens (tertiary/aromatic N) is 4. The fourth-order valence-electron chi connectivity index (χ4n) is 3.53. The third kappa shape index (κ3) is 2.34. The number of carbonyl (C=O) groups is 1. The van der Waals surface area contributed by atoms with Crippen LogP contribution in [0.25, 0.3) is 17.4 Å². The molecule has 1 aliphatic rings. The molecule has 0 radical (unpaired) electrons. The number of benzene rings is 1. The number of hydrogen-bond acceptors (Lipinski definition) is 5. The lowest BCUT2D eigenvalue weighted by Gasteiger charge is -2.23. The van der Waals surface area contributed by atoms with E-state index in [9.17, 15) is 4.79 Å². The van der Waals surface area contributed by atoms with Crippen molar-refractivity contribution in [2.45, 2.75) is 25.7 Å². The molecule has 0 aliphatic heterocycles. The Morgan fingerprint density at radius 3 is 2.77 bits per heavy atom. The van der Waals surface area contributed by atoms with Crippen molar-refractivity contribution < 1.29 is 9.21 Å². The van der Waals surface area contributed by atoms with Gasteiger partial charge in [-0.2, -0.15) is 9.50 Å². The molecule has 6 heteroatoms. The second-order valence-electron chi connectivity index (χ2n) is 6.68. The van der Waals surface area contributed by atoms with Crippen molar-refractivity contribution in [3.63, 3.8) is 0 Å². The Morgan fingerprint density at radius 2 is 2.00 bits per heavy atom. The fraction of sp³-hybridized carbons (Fsp3) is 0.200. The average Bonchev–Trinajstić information content (AvgIpc) is 3.31. The first-order valence-electron chi connectivity index (χ1n) is 8.57. The summed E-state index contributed by atoms with van der Waals surface area (Å²) in [6.45, 7) is 2.06. The van der Waals surface area contributed by atoms with E-state index < -0.39 is 0 Å². The molecule has 1 aromatic carbocycles. The molecule has 0 N–H and O–H groups in total. The average molecular weight is 344 g/mol. The minimum absolute atomic E-state index is 0.0984. The largest absolute Gasteiger partial charge is 0.461 e. The smallest absolute Gasteiger partial charge is 0.253 e. The van der Waals surface area contributed by atoms with Crippen LogP contribution in [-0.2, 0) is 6.42 Å². The molecule has 0 amide bonds. The van der Waals surface area contributed by atoms with Gasteiger partial charge in [-0.25, -0.2) is 4.98 Å². The number of fused-ring (bicyclic) bond motifs is 3. The summed E-state index contributed by atoms with van der Waals surface area (Å²) in [6, 6.07) is 12.0. The van der Waals surface area contributed by atoms with E-state index in [1.54, 1.807) is 23.0 Å². The Balaban J connectivity index is 1.62. The van der Waals surface area contributed by atoms with Crippen molar-refractivity contribution in [3.8, 4) is 11.6 Å². The molecule has 6 nitrogen and oxygen atoms in total. The summed E-state index contributed by atoms with van der Waals surface area (Å²) in [7, 11) is 0.